The number of carbonyl (C=O) groups excluding carboxylic acids is 1. The highest BCUT2D eigenvalue weighted by molar-refractivity contribution is 5.80. The van der Waals surface area contributed by atoms with Gasteiger partial charge < -0.3 is 5.11 Å². The van der Waals surface area contributed by atoms with Crippen LogP contribution in [-0.4, -0.2) is 16.9 Å². The Morgan fingerprint density at radius 3 is 1.82 bits per heavy atom. The second kappa shape index (κ2) is 10.3. The number of aryl methyl sites for hydroxylation is 1. The van der Waals surface area contributed by atoms with Crippen LogP contribution in [0.2, 0.25) is 0 Å². The van der Waals surface area contributed by atoms with Crippen molar-refractivity contribution in [1.82, 2.24) is 0 Å². The van der Waals surface area contributed by atoms with Gasteiger partial charge in [-0.05, 0) is 17.5 Å². The molecule has 0 saturated heterocycles. The van der Waals surface area contributed by atoms with Crippen LogP contribution in [0, 0.1) is 0 Å². The minimum Gasteiger partial charge on any atom is -0.481 e. The molecule has 116 valence electrons. The zero-order valence-electron chi connectivity index (χ0n) is 12.9. The maximum atomic E-state index is 11.0. The fourth-order valence-electron chi connectivity index (χ4n) is 1.84. The second-order valence-electron chi connectivity index (χ2n) is 4.93. The Bertz CT molecular complexity index is 562. The highest BCUT2D eigenvalue weighted by atomic mass is 16.4. The summed E-state index contributed by atoms with van der Waals surface area (Å²) in [6.45, 7) is 1.89. The van der Waals surface area contributed by atoms with E-state index < -0.39 is 5.97 Å². The van der Waals surface area contributed by atoms with Crippen molar-refractivity contribution < 1.29 is 14.7 Å². The molecule has 2 aromatic rings. The SMILES string of the molecule is CCC(=O)Cc1ccccc1.O=C(O)CCc1ccccc1. The van der Waals surface area contributed by atoms with E-state index in [4.69, 9.17) is 5.11 Å². The van der Waals surface area contributed by atoms with E-state index in [9.17, 15) is 9.59 Å². The minimum absolute atomic E-state index is 0.212. The lowest BCUT2D eigenvalue weighted by Gasteiger charge is -1.96. The molecule has 0 unspecified atom stereocenters. The van der Waals surface area contributed by atoms with Gasteiger partial charge in [0.15, 0.2) is 0 Å². The summed E-state index contributed by atoms with van der Waals surface area (Å²) in [5.41, 5.74) is 2.19. The van der Waals surface area contributed by atoms with E-state index in [2.05, 4.69) is 0 Å². The molecule has 0 atom stereocenters. The van der Waals surface area contributed by atoms with Crippen LogP contribution in [0.3, 0.4) is 0 Å². The highest BCUT2D eigenvalue weighted by Gasteiger charge is 1.98. The van der Waals surface area contributed by atoms with Gasteiger partial charge in [0.1, 0.15) is 5.78 Å². The van der Waals surface area contributed by atoms with Crippen LogP contribution in [0.4, 0.5) is 0 Å². The Hall–Kier alpha value is -2.42. The van der Waals surface area contributed by atoms with Crippen LogP contribution >= 0.6 is 0 Å². The first-order valence-corrected chi connectivity index (χ1v) is 7.43. The van der Waals surface area contributed by atoms with Crippen molar-refractivity contribution in [3.05, 3.63) is 71.8 Å². The summed E-state index contributed by atoms with van der Waals surface area (Å²) in [5, 5.41) is 8.37. The number of carbonyl (C=O) groups is 2. The van der Waals surface area contributed by atoms with E-state index in [1.165, 1.54) is 0 Å². The zero-order chi connectivity index (χ0) is 16.2. The number of hydrogen-bond donors (Lipinski definition) is 1. The summed E-state index contributed by atoms with van der Waals surface area (Å²) in [6, 6.07) is 19.4. The van der Waals surface area contributed by atoms with Crippen molar-refractivity contribution in [3.63, 3.8) is 0 Å². The Balaban J connectivity index is 0.000000220. The maximum absolute atomic E-state index is 11.0. The normalized spacial score (nSPS) is 9.50. The Morgan fingerprint density at radius 2 is 1.36 bits per heavy atom. The van der Waals surface area contributed by atoms with E-state index in [0.29, 0.717) is 25.0 Å². The van der Waals surface area contributed by atoms with E-state index in [1.54, 1.807) is 0 Å². The van der Waals surface area contributed by atoms with Crippen molar-refractivity contribution in [2.45, 2.75) is 32.6 Å². The molecule has 2 rings (SSSR count). The summed E-state index contributed by atoms with van der Waals surface area (Å²) in [6.07, 6.45) is 2.05. The number of rotatable bonds is 6. The average molecular weight is 298 g/mol. The number of carboxylic acids is 1. The zero-order valence-corrected chi connectivity index (χ0v) is 12.9. The maximum Gasteiger partial charge on any atom is 0.303 e. The first-order chi connectivity index (χ1) is 10.6. The predicted molar refractivity (Wildman–Crippen MR) is 87.8 cm³/mol. The van der Waals surface area contributed by atoms with Gasteiger partial charge in [-0.3, -0.25) is 9.59 Å². The molecule has 2 aromatic carbocycles. The molecule has 3 nitrogen and oxygen atoms in total. The van der Waals surface area contributed by atoms with Gasteiger partial charge in [0.25, 0.3) is 0 Å². The molecule has 22 heavy (non-hydrogen) atoms. The van der Waals surface area contributed by atoms with E-state index >= 15 is 0 Å². The van der Waals surface area contributed by atoms with Gasteiger partial charge in [-0.2, -0.15) is 0 Å². The number of hydrogen-bond acceptors (Lipinski definition) is 2. The van der Waals surface area contributed by atoms with Gasteiger partial charge in [-0.1, -0.05) is 67.6 Å². The molecule has 0 amide bonds. The number of carboxylic acid groups (broad SMARTS) is 1. The fraction of sp³-hybridized carbons (Fsp3) is 0.263. The Morgan fingerprint density at radius 1 is 0.864 bits per heavy atom. The number of ketones is 1. The van der Waals surface area contributed by atoms with Crippen LogP contribution in [-0.2, 0) is 22.4 Å². The van der Waals surface area contributed by atoms with Crippen LogP contribution in [0.1, 0.15) is 30.9 Å². The smallest absolute Gasteiger partial charge is 0.303 e. The summed E-state index contributed by atoms with van der Waals surface area (Å²) in [7, 11) is 0. The molecular weight excluding hydrogens is 276 g/mol. The fourth-order valence-corrected chi connectivity index (χ4v) is 1.84. The molecule has 0 radical (unpaired) electrons. The minimum atomic E-state index is -0.742. The van der Waals surface area contributed by atoms with Crippen LogP contribution in [0.15, 0.2) is 60.7 Å². The molecule has 0 bridgehead atoms. The summed E-state index contributed by atoms with van der Waals surface area (Å²) < 4.78 is 0. The van der Waals surface area contributed by atoms with Gasteiger partial charge in [0, 0.05) is 19.3 Å². The van der Waals surface area contributed by atoms with Crippen molar-refractivity contribution >= 4 is 11.8 Å². The molecular formula is C19H22O3. The second-order valence-corrected chi connectivity index (χ2v) is 4.93. The molecule has 0 aromatic heterocycles. The first kappa shape index (κ1) is 17.6. The number of benzene rings is 2. The van der Waals surface area contributed by atoms with Gasteiger partial charge in [-0.25, -0.2) is 0 Å². The van der Waals surface area contributed by atoms with Crippen LogP contribution < -0.4 is 0 Å². The van der Waals surface area contributed by atoms with Crippen molar-refractivity contribution in [3.8, 4) is 0 Å². The van der Waals surface area contributed by atoms with Crippen molar-refractivity contribution in [2.24, 2.45) is 0 Å². The van der Waals surface area contributed by atoms with Gasteiger partial charge in [0.2, 0.25) is 0 Å². The number of aliphatic carboxylic acids is 1. The van der Waals surface area contributed by atoms with E-state index in [-0.39, 0.29) is 6.42 Å². The first-order valence-electron chi connectivity index (χ1n) is 7.43. The average Bonchev–Trinajstić information content (AvgIpc) is 2.55. The summed E-state index contributed by atoms with van der Waals surface area (Å²) in [5.74, 6) is -0.440. The Kier molecular flexibility index (Phi) is 8.28. The van der Waals surface area contributed by atoms with E-state index in [0.717, 1.165) is 11.1 Å². The number of Topliss-reactive ketones (excluding diaryl/α,β-unsaturated/α-hetero) is 1. The lowest BCUT2D eigenvalue weighted by molar-refractivity contribution is -0.137. The Labute approximate surface area is 131 Å². The molecule has 0 saturated carbocycles. The lowest BCUT2D eigenvalue weighted by atomic mass is 10.1. The summed E-state index contributed by atoms with van der Waals surface area (Å²) in [4.78, 5) is 21.2. The monoisotopic (exact) mass is 298 g/mol. The van der Waals surface area contributed by atoms with Gasteiger partial charge in [-0.15, -0.1) is 0 Å². The highest BCUT2D eigenvalue weighted by Crippen LogP contribution is 2.02. The molecule has 0 aliphatic carbocycles. The molecule has 1 N–H and O–H groups in total. The van der Waals surface area contributed by atoms with Gasteiger partial charge >= 0.3 is 5.97 Å². The molecule has 0 spiro atoms. The predicted octanol–water partition coefficient (Wildman–Crippen LogP) is 3.91. The third-order valence-electron chi connectivity index (χ3n) is 3.11. The van der Waals surface area contributed by atoms with Crippen LogP contribution in [0.25, 0.3) is 0 Å². The lowest BCUT2D eigenvalue weighted by Crippen LogP contribution is -1.99. The van der Waals surface area contributed by atoms with Crippen molar-refractivity contribution in [2.75, 3.05) is 0 Å². The van der Waals surface area contributed by atoms with E-state index in [1.807, 2.05) is 67.6 Å². The molecule has 0 fully saturated rings. The molecule has 3 heteroatoms. The van der Waals surface area contributed by atoms with Gasteiger partial charge in [0.05, 0.1) is 0 Å². The third-order valence-corrected chi connectivity index (χ3v) is 3.11. The molecule has 0 aliphatic heterocycles. The summed E-state index contributed by atoms with van der Waals surface area (Å²) >= 11 is 0. The molecule has 0 heterocycles. The largest absolute Gasteiger partial charge is 0.481 e. The van der Waals surface area contributed by atoms with Crippen molar-refractivity contribution in [1.29, 1.82) is 0 Å². The molecule has 0 aliphatic rings. The quantitative estimate of drug-likeness (QED) is 0.879. The third kappa shape index (κ3) is 8.00. The standard InChI is InChI=1S/C10H12O.C9H10O2/c1-2-10(11)8-9-6-4-3-5-7-9;10-9(11)7-6-8-4-2-1-3-5-8/h3-7H,2,8H2,1H3;1-5H,6-7H2,(H,10,11). The topological polar surface area (TPSA) is 54.4 Å². The van der Waals surface area contributed by atoms with Crippen LogP contribution in [0.5, 0.6) is 0 Å².